The highest BCUT2D eigenvalue weighted by Crippen LogP contribution is 2.44. The van der Waals surface area contributed by atoms with Gasteiger partial charge in [-0.2, -0.15) is 0 Å². The minimum Gasteiger partial charge on any atom is -0.455 e. The fourth-order valence-electron chi connectivity index (χ4n) is 5.19. The summed E-state index contributed by atoms with van der Waals surface area (Å²) in [6.07, 6.45) is 3.37. The number of nitrogens with zero attached hydrogens (tertiary/aromatic N) is 2. The van der Waals surface area contributed by atoms with Crippen LogP contribution in [0.4, 0.5) is 4.39 Å². The number of carbonyl (C=O) groups is 2. The van der Waals surface area contributed by atoms with Crippen molar-refractivity contribution < 1.29 is 18.4 Å². The number of rotatable bonds is 8. The molecule has 0 aliphatic heterocycles. The Balaban J connectivity index is 1.35. The molecule has 0 radical (unpaired) electrons. The number of fused-ring (bicyclic) bond motifs is 1. The third-order valence-electron chi connectivity index (χ3n) is 7.64. The lowest BCUT2D eigenvalue weighted by atomic mass is 9.95. The highest BCUT2D eigenvalue weighted by Gasteiger charge is 2.49. The number of aryl methyl sites for hydroxylation is 2. The molecule has 6 rings (SSSR count). The first-order valence-electron chi connectivity index (χ1n) is 13.7. The van der Waals surface area contributed by atoms with Crippen LogP contribution in [0, 0.1) is 12.7 Å². The lowest BCUT2D eigenvalue weighted by molar-refractivity contribution is 0.0927. The summed E-state index contributed by atoms with van der Waals surface area (Å²) in [7, 11) is 1.56. The van der Waals surface area contributed by atoms with E-state index < -0.39 is 5.54 Å². The standard InChI is InChI=1S/C32H30FN5O3/c1-4-5-26-35-31(38-37-26)32(14-15-32)36-29(39)21-7-6-18(2)23(17-21)20-10-13-25-24(16-20)27(30(40)34-3)28(41-25)19-8-11-22(33)12-9-19/h6-13,16-17H,4-5,14-15H2,1-3H3,(H,34,40)(H,36,39)(H,35,37,38). The van der Waals surface area contributed by atoms with Crippen molar-refractivity contribution in [3.63, 3.8) is 0 Å². The molecule has 0 saturated heterocycles. The summed E-state index contributed by atoms with van der Waals surface area (Å²) in [5, 5.41) is 15.0. The van der Waals surface area contributed by atoms with Gasteiger partial charge in [-0.05, 0) is 91.4 Å². The van der Waals surface area contributed by atoms with Gasteiger partial charge < -0.3 is 20.0 Å². The molecule has 5 aromatic rings. The first kappa shape index (κ1) is 26.4. The number of hydrogen-bond donors (Lipinski definition) is 3. The Morgan fingerprint density at radius 3 is 2.46 bits per heavy atom. The number of benzene rings is 3. The molecular weight excluding hydrogens is 521 g/mol. The first-order chi connectivity index (χ1) is 19.8. The van der Waals surface area contributed by atoms with E-state index in [4.69, 9.17) is 4.42 Å². The van der Waals surface area contributed by atoms with Gasteiger partial charge in [-0.25, -0.2) is 4.39 Å². The van der Waals surface area contributed by atoms with E-state index in [1.165, 1.54) is 12.1 Å². The number of aromatic amines is 1. The molecule has 0 bridgehead atoms. The molecule has 9 heteroatoms. The van der Waals surface area contributed by atoms with Gasteiger partial charge in [0.05, 0.1) is 5.56 Å². The van der Waals surface area contributed by atoms with E-state index >= 15 is 0 Å². The average Bonchev–Trinajstić information content (AvgIpc) is 3.42. The van der Waals surface area contributed by atoms with Gasteiger partial charge in [-0.1, -0.05) is 19.1 Å². The zero-order valence-corrected chi connectivity index (χ0v) is 23.1. The molecule has 8 nitrogen and oxygen atoms in total. The lowest BCUT2D eigenvalue weighted by Crippen LogP contribution is -2.35. The Morgan fingerprint density at radius 1 is 1.00 bits per heavy atom. The summed E-state index contributed by atoms with van der Waals surface area (Å²) in [5.74, 6) is 1.02. The Kier molecular flexibility index (Phi) is 6.65. The van der Waals surface area contributed by atoms with Crippen LogP contribution in [0.5, 0.6) is 0 Å². The predicted molar refractivity (Wildman–Crippen MR) is 154 cm³/mol. The number of furan rings is 1. The Morgan fingerprint density at radius 2 is 1.76 bits per heavy atom. The molecule has 41 heavy (non-hydrogen) atoms. The summed E-state index contributed by atoms with van der Waals surface area (Å²) >= 11 is 0. The fourth-order valence-corrected chi connectivity index (χ4v) is 5.19. The van der Waals surface area contributed by atoms with Crippen molar-refractivity contribution >= 4 is 22.8 Å². The van der Waals surface area contributed by atoms with Gasteiger partial charge in [0.2, 0.25) is 0 Å². The normalized spacial score (nSPS) is 13.8. The Labute approximate surface area is 236 Å². The third-order valence-corrected chi connectivity index (χ3v) is 7.64. The number of carbonyl (C=O) groups excluding carboxylic acids is 2. The summed E-state index contributed by atoms with van der Waals surface area (Å²) in [4.78, 5) is 29.7. The molecule has 3 N–H and O–H groups in total. The van der Waals surface area contributed by atoms with Crippen molar-refractivity contribution in [3.05, 3.63) is 94.8 Å². The van der Waals surface area contributed by atoms with Crippen LogP contribution >= 0.6 is 0 Å². The molecule has 1 aliphatic carbocycles. The van der Waals surface area contributed by atoms with Crippen LogP contribution in [-0.2, 0) is 12.0 Å². The number of aromatic nitrogens is 3. The zero-order chi connectivity index (χ0) is 28.7. The SMILES string of the molecule is CCCc1nnc(C2(NC(=O)c3ccc(C)c(-c4ccc5oc(-c6ccc(F)cc6)c(C(=O)NC)c5c4)c3)CC2)[nH]1. The second-order valence-electron chi connectivity index (χ2n) is 10.5. The smallest absolute Gasteiger partial charge is 0.255 e. The largest absolute Gasteiger partial charge is 0.455 e. The molecule has 1 fully saturated rings. The van der Waals surface area contributed by atoms with Crippen molar-refractivity contribution in [3.8, 4) is 22.5 Å². The van der Waals surface area contributed by atoms with Gasteiger partial charge in [0.15, 0.2) is 5.82 Å². The number of nitrogens with one attached hydrogen (secondary N) is 3. The number of H-pyrrole nitrogens is 1. The van der Waals surface area contributed by atoms with Crippen LogP contribution in [0.3, 0.4) is 0 Å². The van der Waals surface area contributed by atoms with Gasteiger partial charge in [-0.3, -0.25) is 9.59 Å². The second kappa shape index (κ2) is 10.3. The highest BCUT2D eigenvalue weighted by atomic mass is 19.1. The van der Waals surface area contributed by atoms with Crippen LogP contribution in [0.1, 0.15) is 64.1 Å². The van der Waals surface area contributed by atoms with Crippen LogP contribution in [0.25, 0.3) is 33.4 Å². The quantitative estimate of drug-likeness (QED) is 0.217. The van der Waals surface area contributed by atoms with E-state index in [-0.39, 0.29) is 17.6 Å². The summed E-state index contributed by atoms with van der Waals surface area (Å²) < 4.78 is 19.7. The van der Waals surface area contributed by atoms with Crippen LogP contribution in [-0.4, -0.2) is 34.0 Å². The molecule has 0 unspecified atom stereocenters. The van der Waals surface area contributed by atoms with E-state index in [1.54, 1.807) is 19.2 Å². The number of hydrogen-bond acceptors (Lipinski definition) is 5. The number of halogens is 1. The number of amides is 2. The maximum absolute atomic E-state index is 13.6. The molecule has 2 heterocycles. The summed E-state index contributed by atoms with van der Waals surface area (Å²) in [6, 6.07) is 17.0. The Bertz CT molecular complexity index is 1780. The summed E-state index contributed by atoms with van der Waals surface area (Å²) in [5.41, 5.74) is 4.18. The van der Waals surface area contributed by atoms with Crippen molar-refractivity contribution in [2.24, 2.45) is 0 Å². The van der Waals surface area contributed by atoms with E-state index in [0.717, 1.165) is 48.2 Å². The summed E-state index contributed by atoms with van der Waals surface area (Å²) in [6.45, 7) is 4.06. The predicted octanol–water partition coefficient (Wildman–Crippen LogP) is 6.06. The molecular formula is C32H30FN5O3. The van der Waals surface area contributed by atoms with Crippen LogP contribution in [0.15, 0.2) is 65.1 Å². The van der Waals surface area contributed by atoms with Gasteiger partial charge in [0.1, 0.15) is 28.5 Å². The van der Waals surface area contributed by atoms with E-state index in [2.05, 4.69) is 32.7 Å². The fraction of sp³-hybridized carbons (Fsp3) is 0.250. The minimum absolute atomic E-state index is 0.189. The van der Waals surface area contributed by atoms with E-state index in [9.17, 15) is 14.0 Å². The maximum Gasteiger partial charge on any atom is 0.255 e. The van der Waals surface area contributed by atoms with Gasteiger partial charge in [0.25, 0.3) is 11.8 Å². The highest BCUT2D eigenvalue weighted by molar-refractivity contribution is 6.12. The second-order valence-corrected chi connectivity index (χ2v) is 10.5. The van der Waals surface area contributed by atoms with Gasteiger partial charge >= 0.3 is 0 Å². The van der Waals surface area contributed by atoms with Crippen LogP contribution in [0.2, 0.25) is 0 Å². The Hall–Kier alpha value is -4.79. The monoisotopic (exact) mass is 551 g/mol. The molecule has 0 spiro atoms. The third kappa shape index (κ3) is 4.88. The molecule has 208 valence electrons. The molecule has 1 saturated carbocycles. The van der Waals surface area contributed by atoms with Gasteiger partial charge in [0, 0.05) is 30.0 Å². The lowest BCUT2D eigenvalue weighted by Gasteiger charge is -2.16. The van der Waals surface area contributed by atoms with Crippen LogP contribution < -0.4 is 10.6 Å². The average molecular weight is 552 g/mol. The topological polar surface area (TPSA) is 113 Å². The first-order valence-corrected chi connectivity index (χ1v) is 13.7. The van der Waals surface area contributed by atoms with Crippen molar-refractivity contribution in [2.45, 2.75) is 45.1 Å². The maximum atomic E-state index is 13.6. The zero-order valence-electron chi connectivity index (χ0n) is 23.1. The van der Waals surface area contributed by atoms with Crippen molar-refractivity contribution in [2.75, 3.05) is 7.05 Å². The molecule has 3 aromatic carbocycles. The molecule has 1 aliphatic rings. The molecule has 2 amide bonds. The van der Waals surface area contributed by atoms with Crippen molar-refractivity contribution in [1.29, 1.82) is 0 Å². The van der Waals surface area contributed by atoms with Crippen molar-refractivity contribution in [1.82, 2.24) is 25.8 Å². The minimum atomic E-state index is -0.518. The van der Waals surface area contributed by atoms with E-state index in [1.807, 2.05) is 43.3 Å². The van der Waals surface area contributed by atoms with Gasteiger partial charge in [-0.15, -0.1) is 10.2 Å². The van der Waals surface area contributed by atoms with E-state index in [0.29, 0.717) is 39.2 Å². The molecule has 0 atom stereocenters. The molecule has 2 aromatic heterocycles.